The molecule has 1 saturated carbocycles. The number of hydrogen-bond acceptors (Lipinski definition) is 4. The van der Waals surface area contributed by atoms with Gasteiger partial charge in [0.25, 0.3) is 0 Å². The standard InChI is InChI=1S/C14H19N3O4S/c1-21-13-6-5-11(16-14(18)15-10-3-4-10)9-12(13)17-7-2-8-22(17,19)20/h5-6,9-10H,2-4,7-8H2,1H3,(H2,15,16,18). The normalized spacial score (nSPS) is 19.8. The monoisotopic (exact) mass is 325 g/mol. The van der Waals surface area contributed by atoms with Crippen LogP contribution in [-0.4, -0.2) is 39.9 Å². The van der Waals surface area contributed by atoms with E-state index in [0.29, 0.717) is 30.1 Å². The Morgan fingerprint density at radius 3 is 2.73 bits per heavy atom. The molecular weight excluding hydrogens is 306 g/mol. The molecule has 2 aliphatic rings. The smallest absolute Gasteiger partial charge is 0.319 e. The van der Waals surface area contributed by atoms with Crippen molar-refractivity contribution < 1.29 is 17.9 Å². The number of benzene rings is 1. The second-order valence-corrected chi connectivity index (χ2v) is 7.51. The molecule has 0 atom stereocenters. The molecule has 3 rings (SSSR count). The van der Waals surface area contributed by atoms with Gasteiger partial charge in [-0.1, -0.05) is 0 Å². The molecule has 2 amide bonds. The number of amides is 2. The van der Waals surface area contributed by atoms with E-state index in [0.717, 1.165) is 12.8 Å². The van der Waals surface area contributed by atoms with Crippen molar-refractivity contribution in [2.75, 3.05) is 29.0 Å². The summed E-state index contributed by atoms with van der Waals surface area (Å²) in [6.07, 6.45) is 2.60. The maximum Gasteiger partial charge on any atom is 0.319 e. The molecule has 0 radical (unpaired) electrons. The number of urea groups is 1. The molecule has 1 aromatic rings. The van der Waals surface area contributed by atoms with Crippen LogP contribution < -0.4 is 19.7 Å². The van der Waals surface area contributed by atoms with Crippen LogP contribution in [0.15, 0.2) is 18.2 Å². The summed E-state index contributed by atoms with van der Waals surface area (Å²) < 4.78 is 30.8. The second-order valence-electron chi connectivity index (χ2n) is 5.50. The Bertz CT molecular complexity index is 685. The van der Waals surface area contributed by atoms with Gasteiger partial charge in [-0.3, -0.25) is 4.31 Å². The number of hydrogen-bond donors (Lipinski definition) is 2. The summed E-state index contributed by atoms with van der Waals surface area (Å²) in [5.74, 6) is 0.606. The van der Waals surface area contributed by atoms with Crippen molar-refractivity contribution in [2.45, 2.75) is 25.3 Å². The van der Waals surface area contributed by atoms with Crippen LogP contribution in [0.1, 0.15) is 19.3 Å². The van der Waals surface area contributed by atoms with E-state index in [1.54, 1.807) is 18.2 Å². The molecule has 8 heteroatoms. The fourth-order valence-electron chi connectivity index (χ4n) is 2.45. The van der Waals surface area contributed by atoms with E-state index in [4.69, 9.17) is 4.74 Å². The SMILES string of the molecule is COc1ccc(NC(=O)NC2CC2)cc1N1CCCS1(=O)=O. The molecule has 0 spiro atoms. The average molecular weight is 325 g/mol. The number of rotatable bonds is 4. The molecule has 0 aromatic heterocycles. The van der Waals surface area contributed by atoms with Crippen LogP contribution in [0, 0.1) is 0 Å². The molecule has 120 valence electrons. The van der Waals surface area contributed by atoms with Crippen molar-refractivity contribution >= 4 is 27.4 Å². The molecule has 0 bridgehead atoms. The van der Waals surface area contributed by atoms with Crippen LogP contribution in [0.4, 0.5) is 16.2 Å². The number of carbonyl (C=O) groups is 1. The van der Waals surface area contributed by atoms with Crippen LogP contribution >= 0.6 is 0 Å². The largest absolute Gasteiger partial charge is 0.495 e. The molecular formula is C14H19N3O4S. The van der Waals surface area contributed by atoms with Gasteiger partial charge in [0.2, 0.25) is 10.0 Å². The first kappa shape index (κ1) is 15.0. The topological polar surface area (TPSA) is 87.7 Å². The van der Waals surface area contributed by atoms with Crippen molar-refractivity contribution in [1.82, 2.24) is 5.32 Å². The van der Waals surface area contributed by atoms with Crippen LogP contribution in [-0.2, 0) is 10.0 Å². The third kappa shape index (κ3) is 3.11. The summed E-state index contributed by atoms with van der Waals surface area (Å²) in [6, 6.07) is 4.97. The van der Waals surface area contributed by atoms with Crippen molar-refractivity contribution in [3.8, 4) is 5.75 Å². The Morgan fingerprint density at radius 1 is 1.36 bits per heavy atom. The quantitative estimate of drug-likeness (QED) is 0.878. The zero-order valence-corrected chi connectivity index (χ0v) is 13.1. The number of methoxy groups -OCH3 is 1. The molecule has 1 aromatic carbocycles. The van der Waals surface area contributed by atoms with E-state index in [1.165, 1.54) is 11.4 Å². The Kier molecular flexibility index (Phi) is 3.86. The van der Waals surface area contributed by atoms with Crippen LogP contribution in [0.2, 0.25) is 0 Å². The third-order valence-corrected chi connectivity index (χ3v) is 5.57. The predicted octanol–water partition coefficient (Wildman–Crippen LogP) is 1.52. The summed E-state index contributed by atoms with van der Waals surface area (Å²) >= 11 is 0. The lowest BCUT2D eigenvalue weighted by Gasteiger charge is -2.20. The highest BCUT2D eigenvalue weighted by Crippen LogP contribution is 2.35. The molecule has 2 fully saturated rings. The average Bonchev–Trinajstić information content (AvgIpc) is 3.20. The Hall–Kier alpha value is -1.96. The van der Waals surface area contributed by atoms with Crippen LogP contribution in [0.25, 0.3) is 0 Å². The van der Waals surface area contributed by atoms with Gasteiger partial charge in [0.1, 0.15) is 5.75 Å². The first-order chi connectivity index (χ1) is 10.5. The van der Waals surface area contributed by atoms with E-state index >= 15 is 0 Å². The molecule has 1 aliphatic heterocycles. The number of anilines is 2. The third-order valence-electron chi connectivity index (χ3n) is 3.72. The van der Waals surface area contributed by atoms with Crippen molar-refractivity contribution in [3.05, 3.63) is 18.2 Å². The van der Waals surface area contributed by atoms with Crippen molar-refractivity contribution in [2.24, 2.45) is 0 Å². The molecule has 1 aliphatic carbocycles. The van der Waals surface area contributed by atoms with E-state index in [9.17, 15) is 13.2 Å². The second kappa shape index (κ2) is 5.68. The minimum atomic E-state index is -3.30. The first-order valence-corrected chi connectivity index (χ1v) is 8.86. The van der Waals surface area contributed by atoms with Gasteiger partial charge < -0.3 is 15.4 Å². The van der Waals surface area contributed by atoms with E-state index in [-0.39, 0.29) is 17.8 Å². The minimum absolute atomic E-state index is 0.135. The van der Waals surface area contributed by atoms with Crippen molar-refractivity contribution in [3.63, 3.8) is 0 Å². The van der Waals surface area contributed by atoms with Gasteiger partial charge in [-0.05, 0) is 37.5 Å². The van der Waals surface area contributed by atoms with Gasteiger partial charge in [0, 0.05) is 18.3 Å². The molecule has 2 N–H and O–H groups in total. The highest BCUT2D eigenvalue weighted by atomic mass is 32.2. The molecule has 1 heterocycles. The van der Waals surface area contributed by atoms with Gasteiger partial charge >= 0.3 is 6.03 Å². The van der Waals surface area contributed by atoms with Gasteiger partial charge in [-0.25, -0.2) is 13.2 Å². The number of nitrogens with one attached hydrogen (secondary N) is 2. The first-order valence-electron chi connectivity index (χ1n) is 7.25. The maximum absolute atomic E-state index is 12.1. The van der Waals surface area contributed by atoms with E-state index in [2.05, 4.69) is 10.6 Å². The van der Waals surface area contributed by atoms with E-state index < -0.39 is 10.0 Å². The molecule has 1 saturated heterocycles. The highest BCUT2D eigenvalue weighted by molar-refractivity contribution is 7.93. The number of ether oxygens (including phenoxy) is 1. The molecule has 22 heavy (non-hydrogen) atoms. The fraction of sp³-hybridized carbons (Fsp3) is 0.500. The zero-order valence-electron chi connectivity index (χ0n) is 12.3. The number of sulfonamides is 1. The number of carbonyl (C=O) groups excluding carboxylic acids is 1. The van der Waals surface area contributed by atoms with Gasteiger partial charge in [0.15, 0.2) is 0 Å². The van der Waals surface area contributed by atoms with Gasteiger partial charge in [0.05, 0.1) is 18.6 Å². The van der Waals surface area contributed by atoms with Gasteiger partial charge in [-0.2, -0.15) is 0 Å². The predicted molar refractivity (Wildman–Crippen MR) is 83.9 cm³/mol. The Morgan fingerprint density at radius 2 is 2.14 bits per heavy atom. The summed E-state index contributed by atoms with van der Waals surface area (Å²) in [6.45, 7) is 0.427. The zero-order chi connectivity index (χ0) is 15.7. The lowest BCUT2D eigenvalue weighted by atomic mass is 10.2. The summed E-state index contributed by atoms with van der Waals surface area (Å²) in [5, 5.41) is 5.55. The minimum Gasteiger partial charge on any atom is -0.495 e. The Balaban J connectivity index is 1.84. The van der Waals surface area contributed by atoms with Crippen LogP contribution in [0.5, 0.6) is 5.75 Å². The van der Waals surface area contributed by atoms with E-state index in [1.807, 2.05) is 0 Å². The molecule has 7 nitrogen and oxygen atoms in total. The maximum atomic E-state index is 12.1. The summed E-state index contributed by atoms with van der Waals surface area (Å²) in [4.78, 5) is 11.8. The molecule has 0 unspecified atom stereocenters. The van der Waals surface area contributed by atoms with Crippen molar-refractivity contribution in [1.29, 1.82) is 0 Å². The Labute approximate surface area is 129 Å². The summed E-state index contributed by atoms with van der Waals surface area (Å²) in [7, 11) is -1.81. The fourth-order valence-corrected chi connectivity index (χ4v) is 4.02. The highest BCUT2D eigenvalue weighted by Gasteiger charge is 2.31. The lowest BCUT2D eigenvalue weighted by Crippen LogP contribution is -2.30. The van der Waals surface area contributed by atoms with Crippen LogP contribution in [0.3, 0.4) is 0 Å². The van der Waals surface area contributed by atoms with Gasteiger partial charge in [-0.15, -0.1) is 0 Å². The lowest BCUT2D eigenvalue weighted by molar-refractivity contribution is 0.251. The number of nitrogens with zero attached hydrogens (tertiary/aromatic N) is 1. The summed E-state index contributed by atoms with van der Waals surface area (Å²) in [5.41, 5.74) is 1.00.